The van der Waals surface area contributed by atoms with E-state index >= 15 is 0 Å². The molecule has 0 spiro atoms. The summed E-state index contributed by atoms with van der Waals surface area (Å²) in [6.07, 6.45) is 2.68. The minimum atomic E-state index is -3.55. The van der Waals surface area contributed by atoms with E-state index in [0.29, 0.717) is 37.2 Å². The van der Waals surface area contributed by atoms with Gasteiger partial charge < -0.3 is 15.0 Å². The van der Waals surface area contributed by atoms with Gasteiger partial charge in [0.1, 0.15) is 11.8 Å². The van der Waals surface area contributed by atoms with E-state index in [1.54, 1.807) is 36.3 Å². The van der Waals surface area contributed by atoms with Crippen molar-refractivity contribution < 1.29 is 22.7 Å². The smallest absolute Gasteiger partial charge is 0.243 e. The summed E-state index contributed by atoms with van der Waals surface area (Å²) in [6.45, 7) is 8.17. The van der Waals surface area contributed by atoms with Crippen LogP contribution in [0.4, 0.5) is 5.69 Å². The van der Waals surface area contributed by atoms with Crippen LogP contribution in [0.25, 0.3) is 0 Å². The lowest BCUT2D eigenvalue weighted by atomic mass is 10.0. The zero-order valence-corrected chi connectivity index (χ0v) is 23.7. The van der Waals surface area contributed by atoms with Crippen LogP contribution in [0.15, 0.2) is 54.6 Å². The number of anilines is 1. The lowest BCUT2D eigenvalue weighted by Crippen LogP contribution is -2.54. The van der Waals surface area contributed by atoms with E-state index in [1.807, 2.05) is 58.0 Å². The van der Waals surface area contributed by atoms with Crippen molar-refractivity contribution in [2.75, 3.05) is 30.8 Å². The first-order chi connectivity index (χ1) is 17.4. The molecule has 0 saturated heterocycles. The van der Waals surface area contributed by atoms with E-state index in [2.05, 4.69) is 5.32 Å². The van der Waals surface area contributed by atoms with E-state index < -0.39 is 21.6 Å². The van der Waals surface area contributed by atoms with Crippen LogP contribution in [-0.4, -0.2) is 63.2 Å². The van der Waals surface area contributed by atoms with Crippen molar-refractivity contribution >= 4 is 27.5 Å². The normalized spacial score (nSPS) is 12.5. The summed E-state index contributed by atoms with van der Waals surface area (Å²) in [5, 5.41) is 3.00. The van der Waals surface area contributed by atoms with Gasteiger partial charge in [-0.3, -0.25) is 13.9 Å². The van der Waals surface area contributed by atoms with Crippen molar-refractivity contribution in [2.24, 2.45) is 0 Å². The van der Waals surface area contributed by atoms with Crippen molar-refractivity contribution in [2.45, 2.75) is 65.0 Å². The van der Waals surface area contributed by atoms with Gasteiger partial charge in [0.2, 0.25) is 21.8 Å². The molecule has 0 aliphatic rings. The first kappa shape index (κ1) is 30.2. The maximum atomic E-state index is 13.4. The van der Waals surface area contributed by atoms with Crippen molar-refractivity contribution in [3.8, 4) is 5.75 Å². The highest BCUT2D eigenvalue weighted by Crippen LogP contribution is 2.22. The first-order valence-electron chi connectivity index (χ1n) is 12.6. The fourth-order valence-corrected chi connectivity index (χ4v) is 5.07. The fraction of sp³-hybridized carbons (Fsp3) is 0.500. The molecule has 9 heteroatoms. The second-order valence-corrected chi connectivity index (χ2v) is 12.0. The largest absolute Gasteiger partial charge is 0.497 e. The first-order valence-corrected chi connectivity index (χ1v) is 14.5. The number of carbonyl (C=O) groups is 2. The number of nitrogens with zero attached hydrogens (tertiary/aromatic N) is 2. The molecule has 2 aromatic rings. The fourth-order valence-electron chi connectivity index (χ4n) is 4.10. The highest BCUT2D eigenvalue weighted by molar-refractivity contribution is 7.92. The van der Waals surface area contributed by atoms with Gasteiger partial charge >= 0.3 is 0 Å². The van der Waals surface area contributed by atoms with Gasteiger partial charge in [-0.1, -0.05) is 37.3 Å². The average molecular weight is 532 g/mol. The molecule has 0 unspecified atom stereocenters. The Kier molecular flexibility index (Phi) is 11.0. The monoisotopic (exact) mass is 531 g/mol. The molecule has 2 amide bonds. The number of ether oxygens (including phenoxy) is 1. The van der Waals surface area contributed by atoms with Crippen LogP contribution < -0.4 is 14.4 Å². The highest BCUT2D eigenvalue weighted by Gasteiger charge is 2.30. The van der Waals surface area contributed by atoms with Gasteiger partial charge in [-0.25, -0.2) is 8.42 Å². The lowest BCUT2D eigenvalue weighted by molar-refractivity contribution is -0.141. The van der Waals surface area contributed by atoms with E-state index in [-0.39, 0.29) is 24.8 Å². The molecule has 0 fully saturated rings. The molecule has 1 atom stereocenters. The molecule has 0 bridgehead atoms. The third-order valence-electron chi connectivity index (χ3n) is 5.88. The summed E-state index contributed by atoms with van der Waals surface area (Å²) in [7, 11) is -2.01. The zero-order chi connectivity index (χ0) is 27.6. The number of amides is 2. The van der Waals surface area contributed by atoms with Crippen LogP contribution in [0.5, 0.6) is 5.75 Å². The minimum Gasteiger partial charge on any atom is -0.497 e. The van der Waals surface area contributed by atoms with Gasteiger partial charge in [0.25, 0.3) is 0 Å². The summed E-state index contributed by atoms with van der Waals surface area (Å²) in [6, 6.07) is 16.0. The predicted octanol–water partition coefficient (Wildman–Crippen LogP) is 4.01. The third-order valence-corrected chi connectivity index (χ3v) is 7.07. The summed E-state index contributed by atoms with van der Waals surface area (Å²) in [5.41, 5.74) is 1.16. The Labute approximate surface area is 222 Å². The Morgan fingerprint density at radius 1 is 1.00 bits per heavy atom. The number of rotatable bonds is 13. The molecule has 0 aliphatic carbocycles. The number of hydrogen-bond donors (Lipinski definition) is 1. The van der Waals surface area contributed by atoms with Crippen molar-refractivity contribution in [3.05, 3.63) is 60.2 Å². The Morgan fingerprint density at radius 2 is 1.62 bits per heavy atom. The SMILES string of the molecule is CC[C@H](C(=O)NC(C)(C)C)N(CCc1ccccc1)C(=O)CCCN(c1ccc(OC)cc1)S(C)(=O)=O. The average Bonchev–Trinajstić information content (AvgIpc) is 2.83. The predicted molar refractivity (Wildman–Crippen MR) is 148 cm³/mol. The highest BCUT2D eigenvalue weighted by atomic mass is 32.2. The minimum absolute atomic E-state index is 0.121. The lowest BCUT2D eigenvalue weighted by Gasteiger charge is -2.33. The molecular weight excluding hydrogens is 490 g/mol. The van der Waals surface area contributed by atoms with Gasteiger partial charge in [0.15, 0.2) is 0 Å². The Morgan fingerprint density at radius 3 is 2.14 bits per heavy atom. The standard InChI is InChI=1S/C28H41N3O5S/c1-7-25(27(33)29-28(2,3)4)30(21-19-22-12-9-8-10-13-22)26(32)14-11-20-31(37(6,34)35)23-15-17-24(36-5)18-16-23/h8-10,12-13,15-18,25H,7,11,14,19-21H2,1-6H3,(H,29,33)/t25-/m1/s1. The van der Waals surface area contributed by atoms with Crippen LogP contribution >= 0.6 is 0 Å². The molecule has 0 aromatic heterocycles. The summed E-state index contributed by atoms with van der Waals surface area (Å²) < 4.78 is 31.4. The number of nitrogens with one attached hydrogen (secondary N) is 1. The Hall–Kier alpha value is -3.07. The molecule has 204 valence electrons. The van der Waals surface area contributed by atoms with Crippen molar-refractivity contribution in [1.29, 1.82) is 0 Å². The van der Waals surface area contributed by atoms with Crippen molar-refractivity contribution in [1.82, 2.24) is 10.2 Å². The Bertz CT molecular complexity index is 1110. The number of carbonyl (C=O) groups excluding carboxylic acids is 2. The number of benzene rings is 2. The van der Waals surface area contributed by atoms with Gasteiger partial charge in [0, 0.05) is 25.0 Å². The molecular formula is C28H41N3O5S. The van der Waals surface area contributed by atoms with E-state index in [4.69, 9.17) is 4.74 Å². The van der Waals surface area contributed by atoms with E-state index in [1.165, 1.54) is 4.31 Å². The maximum Gasteiger partial charge on any atom is 0.243 e. The molecule has 0 radical (unpaired) electrons. The van der Waals surface area contributed by atoms with Gasteiger partial charge in [-0.15, -0.1) is 0 Å². The second kappa shape index (κ2) is 13.5. The number of sulfonamides is 1. The van der Waals surface area contributed by atoms with Gasteiger partial charge in [-0.2, -0.15) is 0 Å². The van der Waals surface area contributed by atoms with E-state index in [0.717, 1.165) is 11.8 Å². The molecule has 2 aromatic carbocycles. The van der Waals surface area contributed by atoms with Crippen LogP contribution in [-0.2, 0) is 26.0 Å². The molecule has 0 aliphatic heterocycles. The van der Waals surface area contributed by atoms with Crippen LogP contribution in [0.1, 0.15) is 52.5 Å². The molecule has 0 heterocycles. The molecule has 0 saturated carbocycles. The molecule has 1 N–H and O–H groups in total. The molecule has 2 rings (SSSR count). The quantitative estimate of drug-likeness (QED) is 0.421. The Balaban J connectivity index is 2.17. The van der Waals surface area contributed by atoms with E-state index in [9.17, 15) is 18.0 Å². The number of hydrogen-bond acceptors (Lipinski definition) is 5. The van der Waals surface area contributed by atoms with Crippen molar-refractivity contribution in [3.63, 3.8) is 0 Å². The van der Waals surface area contributed by atoms with Crippen LogP contribution in [0.2, 0.25) is 0 Å². The van der Waals surface area contributed by atoms with Gasteiger partial charge in [0.05, 0.1) is 19.1 Å². The van der Waals surface area contributed by atoms with Gasteiger partial charge in [-0.05, 0) is 69.9 Å². The second-order valence-electron chi connectivity index (χ2n) is 10.1. The van der Waals surface area contributed by atoms with Crippen LogP contribution in [0.3, 0.4) is 0 Å². The third kappa shape index (κ3) is 9.72. The summed E-state index contributed by atoms with van der Waals surface area (Å²) in [4.78, 5) is 28.2. The molecule has 37 heavy (non-hydrogen) atoms. The zero-order valence-electron chi connectivity index (χ0n) is 22.9. The summed E-state index contributed by atoms with van der Waals surface area (Å²) in [5.74, 6) is 0.267. The summed E-state index contributed by atoms with van der Waals surface area (Å²) >= 11 is 0. The topological polar surface area (TPSA) is 96.0 Å². The van der Waals surface area contributed by atoms with Crippen LogP contribution in [0, 0.1) is 0 Å². The molecule has 8 nitrogen and oxygen atoms in total. The number of methoxy groups -OCH3 is 1. The maximum absolute atomic E-state index is 13.4.